The quantitative estimate of drug-likeness (QED) is 0.487. The molecule has 0 aliphatic heterocycles. The van der Waals surface area contributed by atoms with Crippen LogP contribution >= 0.6 is 0 Å². The van der Waals surface area contributed by atoms with Gasteiger partial charge < -0.3 is 4.98 Å². The third kappa shape index (κ3) is 3.78. The Kier molecular flexibility index (Phi) is 5.02. The summed E-state index contributed by atoms with van der Waals surface area (Å²) in [5.74, 6) is -0.357. The van der Waals surface area contributed by atoms with Crippen molar-refractivity contribution in [2.45, 2.75) is 19.8 Å². The number of aromatic nitrogens is 1. The van der Waals surface area contributed by atoms with Gasteiger partial charge in [0, 0.05) is 23.9 Å². The van der Waals surface area contributed by atoms with Gasteiger partial charge in [0.1, 0.15) is 5.69 Å². The normalized spacial score (nSPS) is 11.2. The van der Waals surface area contributed by atoms with Crippen molar-refractivity contribution in [3.05, 3.63) is 64.0 Å². The second-order valence-electron chi connectivity index (χ2n) is 4.64. The highest BCUT2D eigenvalue weighted by Crippen LogP contribution is 2.15. The molecule has 0 bridgehead atoms. The number of hydrazone groups is 1. The Morgan fingerprint density at radius 1 is 1.36 bits per heavy atom. The van der Waals surface area contributed by atoms with E-state index in [2.05, 4.69) is 15.5 Å². The van der Waals surface area contributed by atoms with Gasteiger partial charge in [-0.25, -0.2) is 5.43 Å². The van der Waals surface area contributed by atoms with Crippen LogP contribution < -0.4 is 5.43 Å². The molecule has 0 saturated heterocycles. The van der Waals surface area contributed by atoms with E-state index in [9.17, 15) is 14.9 Å². The molecule has 1 amide bonds. The fourth-order valence-corrected chi connectivity index (χ4v) is 1.95. The van der Waals surface area contributed by atoms with Crippen LogP contribution in [0.5, 0.6) is 0 Å². The van der Waals surface area contributed by atoms with Crippen molar-refractivity contribution in [1.82, 2.24) is 10.4 Å². The summed E-state index contributed by atoms with van der Waals surface area (Å²) in [6.45, 7) is 1.97. The van der Waals surface area contributed by atoms with E-state index >= 15 is 0 Å². The van der Waals surface area contributed by atoms with Crippen molar-refractivity contribution in [3.8, 4) is 0 Å². The molecule has 0 fully saturated rings. The summed E-state index contributed by atoms with van der Waals surface area (Å²) in [7, 11) is 0. The first kappa shape index (κ1) is 15.4. The molecule has 0 aliphatic carbocycles. The molecule has 0 radical (unpaired) electrons. The van der Waals surface area contributed by atoms with E-state index in [-0.39, 0.29) is 11.6 Å². The lowest BCUT2D eigenvalue weighted by atomic mass is 10.1. The summed E-state index contributed by atoms with van der Waals surface area (Å²) in [5.41, 5.74) is 4.09. The van der Waals surface area contributed by atoms with Crippen LogP contribution in [0.15, 0.2) is 47.7 Å². The van der Waals surface area contributed by atoms with Crippen molar-refractivity contribution < 1.29 is 9.72 Å². The van der Waals surface area contributed by atoms with Crippen molar-refractivity contribution in [1.29, 1.82) is 0 Å². The fourth-order valence-electron chi connectivity index (χ4n) is 1.95. The fraction of sp³-hybridized carbons (Fsp3) is 0.200. The molecule has 0 saturated carbocycles. The Balaban J connectivity index is 2.22. The molecule has 0 atom stereocenters. The molecule has 2 aromatic rings. The molecular weight excluding hydrogens is 284 g/mol. The van der Waals surface area contributed by atoms with E-state index in [0.717, 1.165) is 6.42 Å². The predicted molar refractivity (Wildman–Crippen MR) is 82.8 cm³/mol. The molecule has 2 N–H and O–H groups in total. The number of benzene rings is 1. The standard InChI is InChI=1S/C15H16N4O3/c1-2-5-13(11-6-3-7-12(10-11)19(21)22)17-18-15(20)14-8-4-9-16-14/h3-4,6-10,16H,2,5H2,1H3,(H,18,20)/b17-13-. The number of hydrogen-bond acceptors (Lipinski definition) is 4. The molecule has 1 heterocycles. The van der Waals surface area contributed by atoms with Crippen LogP contribution in [0.25, 0.3) is 0 Å². The number of carbonyl (C=O) groups is 1. The molecule has 1 aromatic heterocycles. The summed E-state index contributed by atoms with van der Waals surface area (Å²) in [6, 6.07) is 9.57. The highest BCUT2D eigenvalue weighted by atomic mass is 16.6. The predicted octanol–water partition coefficient (Wildman–Crippen LogP) is 2.86. The van der Waals surface area contributed by atoms with E-state index in [1.165, 1.54) is 12.1 Å². The number of nitrogens with zero attached hydrogens (tertiary/aromatic N) is 2. The molecule has 22 heavy (non-hydrogen) atoms. The molecule has 7 heteroatoms. The lowest BCUT2D eigenvalue weighted by Crippen LogP contribution is -2.20. The van der Waals surface area contributed by atoms with Crippen LogP contribution in [0.1, 0.15) is 35.8 Å². The number of carbonyl (C=O) groups excluding carboxylic acids is 1. The first-order chi connectivity index (χ1) is 10.6. The lowest BCUT2D eigenvalue weighted by Gasteiger charge is -2.06. The highest BCUT2D eigenvalue weighted by Gasteiger charge is 2.11. The third-order valence-corrected chi connectivity index (χ3v) is 3.01. The number of rotatable bonds is 6. The molecule has 7 nitrogen and oxygen atoms in total. The van der Waals surface area contributed by atoms with Crippen molar-refractivity contribution >= 4 is 17.3 Å². The zero-order chi connectivity index (χ0) is 15.9. The first-order valence-electron chi connectivity index (χ1n) is 6.87. The topological polar surface area (TPSA) is 100 Å². The second kappa shape index (κ2) is 7.16. The number of nitro benzene ring substituents is 1. The summed E-state index contributed by atoms with van der Waals surface area (Å²) >= 11 is 0. The smallest absolute Gasteiger partial charge is 0.287 e. The molecular formula is C15H16N4O3. The highest BCUT2D eigenvalue weighted by molar-refractivity contribution is 6.02. The van der Waals surface area contributed by atoms with E-state index in [4.69, 9.17) is 0 Å². The average molecular weight is 300 g/mol. The molecule has 2 rings (SSSR count). The van der Waals surface area contributed by atoms with Gasteiger partial charge in [0.2, 0.25) is 0 Å². The summed E-state index contributed by atoms with van der Waals surface area (Å²) in [5, 5.41) is 15.0. The monoisotopic (exact) mass is 300 g/mol. The zero-order valence-corrected chi connectivity index (χ0v) is 12.1. The molecule has 0 aliphatic rings. The SMILES string of the molecule is CCC/C(=N/NC(=O)c1ccc[nH]1)c1cccc([N+](=O)[O-])c1. The van der Waals surface area contributed by atoms with Gasteiger partial charge in [-0.15, -0.1) is 0 Å². The van der Waals surface area contributed by atoms with E-state index < -0.39 is 4.92 Å². The van der Waals surface area contributed by atoms with Crippen LogP contribution in [-0.2, 0) is 0 Å². The van der Waals surface area contributed by atoms with Crippen molar-refractivity contribution in [3.63, 3.8) is 0 Å². The van der Waals surface area contributed by atoms with Crippen molar-refractivity contribution in [2.24, 2.45) is 5.10 Å². The molecule has 114 valence electrons. The lowest BCUT2D eigenvalue weighted by molar-refractivity contribution is -0.384. The van der Waals surface area contributed by atoms with Crippen LogP contribution in [0.4, 0.5) is 5.69 Å². The third-order valence-electron chi connectivity index (χ3n) is 3.01. The molecule has 0 spiro atoms. The molecule has 1 aromatic carbocycles. The van der Waals surface area contributed by atoms with Crippen LogP contribution in [0.3, 0.4) is 0 Å². The van der Waals surface area contributed by atoms with Gasteiger partial charge in [0.15, 0.2) is 0 Å². The second-order valence-corrected chi connectivity index (χ2v) is 4.64. The van der Waals surface area contributed by atoms with Crippen LogP contribution in [0, 0.1) is 10.1 Å². The first-order valence-corrected chi connectivity index (χ1v) is 6.87. The maximum atomic E-state index is 11.9. The summed E-state index contributed by atoms with van der Waals surface area (Å²) < 4.78 is 0. The average Bonchev–Trinajstić information content (AvgIpc) is 3.05. The van der Waals surface area contributed by atoms with Gasteiger partial charge in [0.25, 0.3) is 11.6 Å². The van der Waals surface area contributed by atoms with E-state index in [1.807, 2.05) is 6.92 Å². The minimum Gasteiger partial charge on any atom is -0.357 e. The number of amides is 1. The van der Waals surface area contributed by atoms with Crippen LogP contribution in [0.2, 0.25) is 0 Å². The maximum Gasteiger partial charge on any atom is 0.287 e. The number of non-ortho nitro benzene ring substituents is 1. The van der Waals surface area contributed by atoms with Gasteiger partial charge >= 0.3 is 0 Å². The minimum absolute atomic E-state index is 0.00278. The maximum absolute atomic E-state index is 11.9. The Hall–Kier alpha value is -2.96. The number of nitro groups is 1. The Morgan fingerprint density at radius 2 is 2.18 bits per heavy atom. The van der Waals surface area contributed by atoms with Gasteiger partial charge in [-0.05, 0) is 18.6 Å². The minimum atomic E-state index is -0.454. The Labute approximate surface area is 127 Å². The number of hydrogen-bond donors (Lipinski definition) is 2. The van der Waals surface area contributed by atoms with Crippen LogP contribution in [-0.4, -0.2) is 21.5 Å². The van der Waals surface area contributed by atoms with E-state index in [1.54, 1.807) is 30.5 Å². The Morgan fingerprint density at radius 3 is 2.82 bits per heavy atom. The number of nitrogens with one attached hydrogen (secondary N) is 2. The van der Waals surface area contributed by atoms with Crippen molar-refractivity contribution in [2.75, 3.05) is 0 Å². The molecule has 0 unspecified atom stereocenters. The van der Waals surface area contributed by atoms with Gasteiger partial charge in [-0.1, -0.05) is 25.5 Å². The van der Waals surface area contributed by atoms with E-state index in [0.29, 0.717) is 23.4 Å². The van der Waals surface area contributed by atoms with Gasteiger partial charge in [-0.2, -0.15) is 5.10 Å². The summed E-state index contributed by atoms with van der Waals surface area (Å²) in [4.78, 5) is 25.0. The zero-order valence-electron chi connectivity index (χ0n) is 12.1. The van der Waals surface area contributed by atoms with Gasteiger partial charge in [-0.3, -0.25) is 14.9 Å². The number of aromatic amines is 1. The summed E-state index contributed by atoms with van der Waals surface area (Å²) in [6.07, 6.45) is 3.05. The number of H-pyrrole nitrogens is 1. The van der Waals surface area contributed by atoms with Gasteiger partial charge in [0.05, 0.1) is 10.6 Å². The largest absolute Gasteiger partial charge is 0.357 e. The Bertz CT molecular complexity index is 693.